The number of likely N-dealkylation sites (tertiary alicyclic amines) is 1. The van der Waals surface area contributed by atoms with Crippen molar-refractivity contribution in [2.75, 3.05) is 13.1 Å². The van der Waals surface area contributed by atoms with E-state index in [1.165, 1.54) is 5.52 Å². The van der Waals surface area contributed by atoms with Gasteiger partial charge in [-0.3, -0.25) is 9.69 Å². The van der Waals surface area contributed by atoms with E-state index in [-0.39, 0.29) is 5.56 Å². The van der Waals surface area contributed by atoms with Crippen LogP contribution in [-0.2, 0) is 13.1 Å². The molecule has 0 atom stereocenters. The summed E-state index contributed by atoms with van der Waals surface area (Å²) in [5.74, 6) is 2.49. The number of nitrogens with one attached hydrogen (secondary N) is 1. The summed E-state index contributed by atoms with van der Waals surface area (Å²) in [6.07, 6.45) is 2.29. The third-order valence-corrected chi connectivity index (χ3v) is 6.03. The van der Waals surface area contributed by atoms with Crippen molar-refractivity contribution < 1.29 is 0 Å². The van der Waals surface area contributed by atoms with Gasteiger partial charge in [0.1, 0.15) is 11.6 Å². The molecule has 2 aromatic carbocycles. The van der Waals surface area contributed by atoms with Crippen molar-refractivity contribution in [3.8, 4) is 0 Å². The SMILES string of the molecule is Cc1nc2ccccc2n1CC1CCN(Cc2nc3ccccc3c(=O)[nH]2)CC1. The fourth-order valence-electron chi connectivity index (χ4n) is 4.43. The Morgan fingerprint density at radius 2 is 1.72 bits per heavy atom. The molecule has 1 saturated heterocycles. The van der Waals surface area contributed by atoms with E-state index in [4.69, 9.17) is 4.98 Å². The van der Waals surface area contributed by atoms with Crippen molar-refractivity contribution in [2.24, 2.45) is 5.92 Å². The predicted molar refractivity (Wildman–Crippen MR) is 115 cm³/mol. The molecule has 4 aromatic rings. The van der Waals surface area contributed by atoms with Crippen molar-refractivity contribution in [1.82, 2.24) is 24.4 Å². The van der Waals surface area contributed by atoms with Crippen LogP contribution in [0.25, 0.3) is 21.9 Å². The maximum Gasteiger partial charge on any atom is 0.258 e. The summed E-state index contributed by atoms with van der Waals surface area (Å²) in [5.41, 5.74) is 3.02. The summed E-state index contributed by atoms with van der Waals surface area (Å²) in [5, 5.41) is 0.651. The third-order valence-electron chi connectivity index (χ3n) is 6.03. The zero-order valence-electron chi connectivity index (χ0n) is 16.6. The fourth-order valence-corrected chi connectivity index (χ4v) is 4.43. The van der Waals surface area contributed by atoms with Gasteiger partial charge in [0.25, 0.3) is 5.56 Å². The number of nitrogens with zero attached hydrogens (tertiary/aromatic N) is 4. The first-order chi connectivity index (χ1) is 14.2. The van der Waals surface area contributed by atoms with Gasteiger partial charge in [0, 0.05) is 6.54 Å². The van der Waals surface area contributed by atoms with Crippen LogP contribution in [0.1, 0.15) is 24.5 Å². The summed E-state index contributed by atoms with van der Waals surface area (Å²) in [7, 11) is 0. The zero-order valence-corrected chi connectivity index (χ0v) is 16.6. The second kappa shape index (κ2) is 7.44. The maximum atomic E-state index is 12.3. The Morgan fingerprint density at radius 3 is 2.55 bits per heavy atom. The van der Waals surface area contributed by atoms with Crippen LogP contribution in [0.3, 0.4) is 0 Å². The molecular weight excluding hydrogens is 362 g/mol. The number of aromatic nitrogens is 4. The van der Waals surface area contributed by atoms with E-state index in [0.29, 0.717) is 17.8 Å². The van der Waals surface area contributed by atoms with Gasteiger partial charge in [-0.15, -0.1) is 0 Å². The number of aryl methyl sites for hydroxylation is 1. The van der Waals surface area contributed by atoms with Crippen LogP contribution in [0.2, 0.25) is 0 Å². The number of para-hydroxylation sites is 3. The Kier molecular flexibility index (Phi) is 4.64. The Morgan fingerprint density at radius 1 is 1.00 bits per heavy atom. The minimum absolute atomic E-state index is 0.0528. The van der Waals surface area contributed by atoms with Crippen molar-refractivity contribution >= 4 is 21.9 Å². The number of aromatic amines is 1. The summed E-state index contributed by atoms with van der Waals surface area (Å²) < 4.78 is 2.36. The van der Waals surface area contributed by atoms with E-state index in [2.05, 4.69) is 44.6 Å². The van der Waals surface area contributed by atoms with Crippen LogP contribution in [0, 0.1) is 12.8 Å². The topological polar surface area (TPSA) is 66.8 Å². The normalized spacial score (nSPS) is 16.0. The highest BCUT2D eigenvalue weighted by Crippen LogP contribution is 2.24. The molecule has 1 aliphatic heterocycles. The lowest BCUT2D eigenvalue weighted by Gasteiger charge is -2.32. The molecule has 0 saturated carbocycles. The first-order valence-electron chi connectivity index (χ1n) is 10.3. The molecule has 2 aromatic heterocycles. The molecule has 0 aliphatic carbocycles. The number of rotatable bonds is 4. The number of piperidine rings is 1. The smallest absolute Gasteiger partial charge is 0.258 e. The molecule has 1 aliphatic rings. The van der Waals surface area contributed by atoms with E-state index in [1.807, 2.05) is 30.3 Å². The first-order valence-corrected chi connectivity index (χ1v) is 10.3. The lowest BCUT2D eigenvalue weighted by Crippen LogP contribution is -2.35. The molecule has 5 rings (SSSR count). The predicted octanol–water partition coefficient (Wildman–Crippen LogP) is 3.49. The second-order valence-corrected chi connectivity index (χ2v) is 8.01. The van der Waals surface area contributed by atoms with Crippen LogP contribution < -0.4 is 5.56 Å². The molecule has 0 radical (unpaired) electrons. The van der Waals surface area contributed by atoms with Gasteiger partial charge < -0.3 is 9.55 Å². The van der Waals surface area contributed by atoms with E-state index in [0.717, 1.165) is 55.2 Å². The van der Waals surface area contributed by atoms with Crippen LogP contribution >= 0.6 is 0 Å². The average Bonchev–Trinajstić information content (AvgIpc) is 3.05. The molecule has 0 unspecified atom stereocenters. The fraction of sp³-hybridized carbons (Fsp3) is 0.348. The number of hydrogen-bond donors (Lipinski definition) is 1. The summed E-state index contributed by atoms with van der Waals surface area (Å²) in [6.45, 7) is 5.85. The Labute approximate surface area is 169 Å². The molecule has 1 N–H and O–H groups in total. The van der Waals surface area contributed by atoms with E-state index in [9.17, 15) is 4.79 Å². The van der Waals surface area contributed by atoms with Crippen LogP contribution in [0.15, 0.2) is 53.3 Å². The Bertz CT molecular complexity index is 1220. The van der Waals surface area contributed by atoms with Gasteiger partial charge in [-0.2, -0.15) is 0 Å². The molecule has 3 heterocycles. The Balaban J connectivity index is 1.25. The molecule has 1 fully saturated rings. The van der Waals surface area contributed by atoms with E-state index < -0.39 is 0 Å². The molecule has 0 bridgehead atoms. The maximum absolute atomic E-state index is 12.3. The van der Waals surface area contributed by atoms with Gasteiger partial charge in [-0.1, -0.05) is 24.3 Å². The molecular formula is C23H25N5O. The molecule has 6 nitrogen and oxygen atoms in total. The van der Waals surface area contributed by atoms with E-state index in [1.54, 1.807) is 0 Å². The third kappa shape index (κ3) is 3.56. The number of benzene rings is 2. The molecule has 0 amide bonds. The van der Waals surface area contributed by atoms with Gasteiger partial charge >= 0.3 is 0 Å². The molecule has 29 heavy (non-hydrogen) atoms. The minimum Gasteiger partial charge on any atom is -0.328 e. The lowest BCUT2D eigenvalue weighted by molar-refractivity contribution is 0.164. The van der Waals surface area contributed by atoms with Crippen molar-refractivity contribution in [1.29, 1.82) is 0 Å². The summed E-state index contributed by atoms with van der Waals surface area (Å²) in [4.78, 5) is 27.0. The number of H-pyrrole nitrogens is 1. The zero-order chi connectivity index (χ0) is 19.8. The van der Waals surface area contributed by atoms with Crippen molar-refractivity contribution in [2.45, 2.75) is 32.9 Å². The monoisotopic (exact) mass is 387 g/mol. The number of hydrogen-bond acceptors (Lipinski definition) is 4. The minimum atomic E-state index is -0.0528. The molecule has 0 spiro atoms. The van der Waals surface area contributed by atoms with Crippen LogP contribution in [0.4, 0.5) is 0 Å². The highest BCUT2D eigenvalue weighted by molar-refractivity contribution is 5.77. The first kappa shape index (κ1) is 18.1. The van der Waals surface area contributed by atoms with Gasteiger partial charge in [-0.05, 0) is 63.0 Å². The Hall–Kier alpha value is -2.99. The van der Waals surface area contributed by atoms with Crippen LogP contribution in [-0.4, -0.2) is 37.5 Å². The van der Waals surface area contributed by atoms with Crippen molar-refractivity contribution in [3.05, 3.63) is 70.5 Å². The summed E-state index contributed by atoms with van der Waals surface area (Å²) >= 11 is 0. The number of imidazole rings is 1. The largest absolute Gasteiger partial charge is 0.328 e. The lowest BCUT2D eigenvalue weighted by atomic mass is 9.96. The standard InChI is InChI=1S/C23H25N5O/c1-16-24-20-8-4-5-9-21(20)28(16)14-17-10-12-27(13-11-17)15-22-25-19-7-3-2-6-18(19)23(29)26-22/h2-9,17H,10-15H2,1H3,(H,25,26,29). The van der Waals surface area contributed by atoms with Gasteiger partial charge in [0.05, 0.1) is 28.5 Å². The highest BCUT2D eigenvalue weighted by Gasteiger charge is 2.21. The van der Waals surface area contributed by atoms with E-state index >= 15 is 0 Å². The van der Waals surface area contributed by atoms with Gasteiger partial charge in [0.2, 0.25) is 0 Å². The van der Waals surface area contributed by atoms with Crippen molar-refractivity contribution in [3.63, 3.8) is 0 Å². The molecule has 6 heteroatoms. The van der Waals surface area contributed by atoms with Gasteiger partial charge in [0.15, 0.2) is 0 Å². The van der Waals surface area contributed by atoms with Crippen LogP contribution in [0.5, 0.6) is 0 Å². The summed E-state index contributed by atoms with van der Waals surface area (Å²) in [6, 6.07) is 15.9. The second-order valence-electron chi connectivity index (χ2n) is 8.01. The van der Waals surface area contributed by atoms with Gasteiger partial charge in [-0.25, -0.2) is 9.97 Å². The average molecular weight is 387 g/mol. The number of fused-ring (bicyclic) bond motifs is 2. The molecule has 148 valence electrons. The quantitative estimate of drug-likeness (QED) is 0.582. The highest BCUT2D eigenvalue weighted by atomic mass is 16.1.